The van der Waals surface area contributed by atoms with Crippen LogP contribution in [0.3, 0.4) is 0 Å². The molecule has 1 amide bonds. The van der Waals surface area contributed by atoms with Gasteiger partial charge < -0.3 is 9.84 Å². The Balaban J connectivity index is 2.28. The molecule has 0 spiro atoms. The van der Waals surface area contributed by atoms with Crippen LogP contribution in [-0.4, -0.2) is 39.4 Å². The molecule has 0 aliphatic carbocycles. The van der Waals surface area contributed by atoms with Crippen LogP contribution in [0.1, 0.15) is 12.5 Å². The van der Waals surface area contributed by atoms with Gasteiger partial charge in [0.2, 0.25) is 0 Å². The van der Waals surface area contributed by atoms with Gasteiger partial charge in [0.25, 0.3) is 5.91 Å². The minimum absolute atomic E-state index is 0.252. The van der Waals surface area contributed by atoms with Crippen LogP contribution in [0, 0.1) is 0 Å². The van der Waals surface area contributed by atoms with Crippen LogP contribution in [0.5, 0.6) is 5.75 Å². The first kappa shape index (κ1) is 15.5. The molecule has 0 unspecified atom stereocenters. The Morgan fingerprint density at radius 1 is 1.48 bits per heavy atom. The fourth-order valence-corrected chi connectivity index (χ4v) is 3.05. The smallest absolute Gasteiger partial charge is 0.323 e. The van der Waals surface area contributed by atoms with Crippen LogP contribution >= 0.6 is 24.0 Å². The molecular weight excluding hydrogens is 310 g/mol. The third-order valence-electron chi connectivity index (χ3n) is 2.67. The number of carbonyl (C=O) groups excluding carboxylic acids is 1. The van der Waals surface area contributed by atoms with Crippen molar-refractivity contribution in [3.05, 3.63) is 34.7 Å². The molecule has 1 aromatic rings. The molecule has 1 heterocycles. The summed E-state index contributed by atoms with van der Waals surface area (Å²) < 4.78 is 5.75. The number of thiocarbonyl (C=S) groups is 1. The molecule has 7 heteroatoms. The van der Waals surface area contributed by atoms with Gasteiger partial charge in [-0.15, -0.1) is 0 Å². The van der Waals surface area contributed by atoms with Crippen LogP contribution in [0.2, 0.25) is 0 Å². The maximum absolute atomic E-state index is 12.2. The highest BCUT2D eigenvalue weighted by Gasteiger charge is 2.33. The SMILES string of the molecule is CCOc1ccccc1/C=C1/SC(=S)N(CC(=O)O)C1=O. The fraction of sp³-hybridized carbons (Fsp3) is 0.214. The van der Waals surface area contributed by atoms with E-state index in [2.05, 4.69) is 0 Å². The zero-order chi connectivity index (χ0) is 15.4. The zero-order valence-electron chi connectivity index (χ0n) is 11.2. The van der Waals surface area contributed by atoms with Gasteiger partial charge in [0.15, 0.2) is 0 Å². The molecule has 1 N–H and O–H groups in total. The second-order valence-electron chi connectivity index (χ2n) is 4.13. The number of ether oxygens (including phenoxy) is 1. The summed E-state index contributed by atoms with van der Waals surface area (Å²) in [6.07, 6.45) is 1.67. The standard InChI is InChI=1S/C14H13NO4S2/c1-2-19-10-6-4-3-5-9(10)7-11-13(18)15(8-12(16)17)14(20)21-11/h3-7H,2,8H2,1H3,(H,16,17)/b11-7+. The first-order chi connectivity index (χ1) is 10.0. The van der Waals surface area contributed by atoms with E-state index in [-0.39, 0.29) is 4.32 Å². The Morgan fingerprint density at radius 3 is 2.86 bits per heavy atom. The molecule has 21 heavy (non-hydrogen) atoms. The Labute approximate surface area is 131 Å². The summed E-state index contributed by atoms with van der Waals surface area (Å²) in [5, 5.41) is 8.80. The quantitative estimate of drug-likeness (QED) is 0.663. The normalized spacial score (nSPS) is 16.6. The van der Waals surface area contributed by atoms with E-state index in [1.165, 1.54) is 0 Å². The van der Waals surface area contributed by atoms with Crippen molar-refractivity contribution in [3.63, 3.8) is 0 Å². The Morgan fingerprint density at radius 2 is 2.19 bits per heavy atom. The Bertz CT molecular complexity index is 627. The molecular formula is C14H13NO4S2. The highest BCUT2D eigenvalue weighted by Crippen LogP contribution is 2.34. The van der Waals surface area contributed by atoms with Crippen molar-refractivity contribution in [1.82, 2.24) is 4.90 Å². The summed E-state index contributed by atoms with van der Waals surface area (Å²) >= 11 is 6.14. The topological polar surface area (TPSA) is 66.8 Å². The number of carboxylic acid groups (broad SMARTS) is 1. The number of aliphatic carboxylic acids is 1. The van der Waals surface area contributed by atoms with E-state index in [4.69, 9.17) is 22.1 Å². The van der Waals surface area contributed by atoms with Crippen molar-refractivity contribution in [2.45, 2.75) is 6.92 Å². The molecule has 0 bridgehead atoms. The molecule has 110 valence electrons. The van der Waals surface area contributed by atoms with Gasteiger partial charge in [0.05, 0.1) is 11.5 Å². The molecule has 0 atom stereocenters. The van der Waals surface area contributed by atoms with E-state index >= 15 is 0 Å². The van der Waals surface area contributed by atoms with E-state index < -0.39 is 18.4 Å². The van der Waals surface area contributed by atoms with Gasteiger partial charge in [-0.1, -0.05) is 42.2 Å². The van der Waals surface area contributed by atoms with Gasteiger partial charge in [0.1, 0.15) is 16.6 Å². The number of para-hydroxylation sites is 1. The molecule has 0 saturated carbocycles. The van der Waals surface area contributed by atoms with E-state index in [0.717, 1.165) is 22.2 Å². The average molecular weight is 323 g/mol. The minimum atomic E-state index is -1.10. The second kappa shape index (κ2) is 6.73. The molecule has 0 aromatic heterocycles. The minimum Gasteiger partial charge on any atom is -0.493 e. The van der Waals surface area contributed by atoms with Gasteiger partial charge in [0, 0.05) is 5.56 Å². The van der Waals surface area contributed by atoms with E-state index in [1.807, 2.05) is 31.2 Å². The number of benzene rings is 1. The third-order valence-corrected chi connectivity index (χ3v) is 4.05. The van der Waals surface area contributed by atoms with Gasteiger partial charge in [-0.3, -0.25) is 14.5 Å². The van der Waals surface area contributed by atoms with Crippen molar-refractivity contribution in [3.8, 4) is 5.75 Å². The van der Waals surface area contributed by atoms with Crippen LogP contribution in [-0.2, 0) is 9.59 Å². The Hall–Kier alpha value is -1.86. The maximum atomic E-state index is 12.2. The fourth-order valence-electron chi connectivity index (χ4n) is 1.80. The first-order valence-electron chi connectivity index (χ1n) is 6.22. The Kier molecular flexibility index (Phi) is 4.98. The number of hydrogen-bond acceptors (Lipinski definition) is 5. The summed E-state index contributed by atoms with van der Waals surface area (Å²) in [6.45, 7) is 1.98. The molecule has 1 fully saturated rings. The van der Waals surface area contributed by atoms with Crippen molar-refractivity contribution < 1.29 is 19.4 Å². The predicted octanol–water partition coefficient (Wildman–Crippen LogP) is 2.37. The summed E-state index contributed by atoms with van der Waals surface area (Å²) in [5.74, 6) is -0.815. The summed E-state index contributed by atoms with van der Waals surface area (Å²) in [7, 11) is 0. The van der Waals surface area contributed by atoms with Crippen molar-refractivity contribution in [1.29, 1.82) is 0 Å². The van der Waals surface area contributed by atoms with Crippen LogP contribution < -0.4 is 4.74 Å². The lowest BCUT2D eigenvalue weighted by molar-refractivity contribution is -0.140. The molecule has 2 rings (SSSR count). The number of carbonyl (C=O) groups is 2. The average Bonchev–Trinajstić information content (AvgIpc) is 2.69. The summed E-state index contributed by atoms with van der Waals surface area (Å²) in [5.41, 5.74) is 0.759. The van der Waals surface area contributed by atoms with Crippen LogP contribution in [0.4, 0.5) is 0 Å². The van der Waals surface area contributed by atoms with E-state index in [1.54, 1.807) is 6.08 Å². The maximum Gasteiger partial charge on any atom is 0.323 e. The molecule has 0 radical (unpaired) electrons. The lowest BCUT2D eigenvalue weighted by Gasteiger charge is -2.10. The molecule has 1 aliphatic rings. The molecule has 1 aliphatic heterocycles. The number of hydrogen-bond donors (Lipinski definition) is 1. The van der Waals surface area contributed by atoms with E-state index in [0.29, 0.717) is 17.3 Å². The first-order valence-corrected chi connectivity index (χ1v) is 7.44. The highest BCUT2D eigenvalue weighted by atomic mass is 32.2. The number of thioether (sulfide) groups is 1. The molecule has 1 aromatic carbocycles. The second-order valence-corrected chi connectivity index (χ2v) is 5.81. The van der Waals surface area contributed by atoms with Crippen LogP contribution in [0.25, 0.3) is 6.08 Å². The number of nitrogens with zero attached hydrogens (tertiary/aromatic N) is 1. The molecule has 1 saturated heterocycles. The largest absolute Gasteiger partial charge is 0.493 e. The number of amides is 1. The van der Waals surface area contributed by atoms with Gasteiger partial charge in [-0.05, 0) is 19.1 Å². The predicted molar refractivity (Wildman–Crippen MR) is 85.1 cm³/mol. The van der Waals surface area contributed by atoms with Gasteiger partial charge in [-0.2, -0.15) is 0 Å². The zero-order valence-corrected chi connectivity index (χ0v) is 12.9. The van der Waals surface area contributed by atoms with Crippen molar-refractivity contribution >= 4 is 46.3 Å². The van der Waals surface area contributed by atoms with Crippen molar-refractivity contribution in [2.24, 2.45) is 0 Å². The van der Waals surface area contributed by atoms with Gasteiger partial charge >= 0.3 is 5.97 Å². The van der Waals surface area contributed by atoms with E-state index in [9.17, 15) is 9.59 Å². The van der Waals surface area contributed by atoms with Crippen LogP contribution in [0.15, 0.2) is 29.2 Å². The highest BCUT2D eigenvalue weighted by molar-refractivity contribution is 8.26. The molecule has 5 nitrogen and oxygen atoms in total. The lowest BCUT2D eigenvalue weighted by Crippen LogP contribution is -2.33. The summed E-state index contributed by atoms with van der Waals surface area (Å²) in [6, 6.07) is 7.33. The monoisotopic (exact) mass is 323 g/mol. The number of rotatable bonds is 5. The third kappa shape index (κ3) is 3.62. The van der Waals surface area contributed by atoms with Gasteiger partial charge in [-0.25, -0.2) is 0 Å². The van der Waals surface area contributed by atoms with Crippen molar-refractivity contribution in [2.75, 3.05) is 13.2 Å². The summed E-state index contributed by atoms with van der Waals surface area (Å²) in [4.78, 5) is 24.4. The lowest BCUT2D eigenvalue weighted by atomic mass is 10.2. The number of carboxylic acids is 1.